The predicted octanol–water partition coefficient (Wildman–Crippen LogP) is 3.03. The summed E-state index contributed by atoms with van der Waals surface area (Å²) >= 11 is 0. The van der Waals surface area contributed by atoms with E-state index in [4.69, 9.17) is 18.9 Å². The fourth-order valence-electron chi connectivity index (χ4n) is 4.61. The Labute approximate surface area is 186 Å². The topological polar surface area (TPSA) is 94.5 Å². The van der Waals surface area contributed by atoms with E-state index in [1.165, 1.54) is 26.4 Å². The number of phenolic OH excluding ortho intramolecular Hbond substituents is 1. The van der Waals surface area contributed by atoms with E-state index in [2.05, 4.69) is 4.90 Å². The third-order valence-electron chi connectivity index (χ3n) is 6.33. The number of rotatable bonds is 6. The molecule has 2 aliphatic rings. The molecule has 2 heterocycles. The van der Waals surface area contributed by atoms with Gasteiger partial charge in [-0.1, -0.05) is 18.2 Å². The molecule has 2 aromatic carbocycles. The van der Waals surface area contributed by atoms with Crippen LogP contribution < -0.4 is 9.47 Å². The molecule has 1 N–H and O–H groups in total. The van der Waals surface area contributed by atoms with Gasteiger partial charge in [0, 0.05) is 25.3 Å². The highest BCUT2D eigenvalue weighted by atomic mass is 16.6. The van der Waals surface area contributed by atoms with Gasteiger partial charge in [0.2, 0.25) is 5.75 Å². The number of nitrogens with zero attached hydrogens (tertiary/aromatic N) is 1. The van der Waals surface area contributed by atoms with E-state index in [9.17, 15) is 14.7 Å². The standard InChI is InChI=1S/C24H27NO7/c1-25-16-11-17(31-24(28)15-9-20(29-2)22(26)21(10-15)30-3)13-18(25)19(12-16)32-23(27)14-7-5-4-6-8-14/h4-10,16-19,26H,11-13H2,1-3H3. The zero-order chi connectivity index (χ0) is 22.8. The fraction of sp³-hybridized carbons (Fsp3) is 0.417. The van der Waals surface area contributed by atoms with Gasteiger partial charge in [-0.05, 0) is 31.3 Å². The van der Waals surface area contributed by atoms with Gasteiger partial charge in [-0.25, -0.2) is 9.59 Å². The van der Waals surface area contributed by atoms with E-state index in [1.54, 1.807) is 24.3 Å². The molecule has 0 radical (unpaired) electrons. The molecule has 2 fully saturated rings. The van der Waals surface area contributed by atoms with Gasteiger partial charge in [-0.15, -0.1) is 0 Å². The van der Waals surface area contributed by atoms with Crippen molar-refractivity contribution in [3.63, 3.8) is 0 Å². The third kappa shape index (κ3) is 4.23. The summed E-state index contributed by atoms with van der Waals surface area (Å²) in [5.41, 5.74) is 0.754. The van der Waals surface area contributed by atoms with Crippen molar-refractivity contribution in [2.75, 3.05) is 21.3 Å². The van der Waals surface area contributed by atoms with Crippen molar-refractivity contribution in [2.24, 2.45) is 0 Å². The fourth-order valence-corrected chi connectivity index (χ4v) is 4.61. The average Bonchev–Trinajstić information content (AvgIpc) is 2.96. The number of hydrogen-bond donors (Lipinski definition) is 1. The predicted molar refractivity (Wildman–Crippen MR) is 115 cm³/mol. The highest BCUT2D eigenvalue weighted by Crippen LogP contribution is 2.40. The number of carbonyl (C=O) groups excluding carboxylic acids is 2. The molecule has 32 heavy (non-hydrogen) atoms. The summed E-state index contributed by atoms with van der Waals surface area (Å²) in [7, 11) is 4.81. The monoisotopic (exact) mass is 441 g/mol. The number of benzene rings is 2. The lowest BCUT2D eigenvalue weighted by molar-refractivity contribution is -0.0152. The van der Waals surface area contributed by atoms with Gasteiger partial charge >= 0.3 is 11.9 Å². The first kappa shape index (κ1) is 22.0. The van der Waals surface area contributed by atoms with Crippen molar-refractivity contribution >= 4 is 11.9 Å². The molecule has 4 rings (SSSR count). The third-order valence-corrected chi connectivity index (χ3v) is 6.33. The van der Waals surface area contributed by atoms with E-state index in [-0.39, 0.29) is 53.1 Å². The molecule has 8 heteroatoms. The average molecular weight is 441 g/mol. The Bertz CT molecular complexity index is 968. The number of esters is 2. The van der Waals surface area contributed by atoms with Crippen molar-refractivity contribution in [2.45, 2.75) is 43.6 Å². The van der Waals surface area contributed by atoms with E-state index in [1.807, 2.05) is 13.1 Å². The summed E-state index contributed by atoms with van der Waals surface area (Å²) < 4.78 is 21.8. The minimum absolute atomic E-state index is 0.0249. The molecule has 2 aliphatic heterocycles. The molecule has 2 saturated heterocycles. The molecule has 170 valence electrons. The summed E-state index contributed by atoms with van der Waals surface area (Å²) in [6, 6.07) is 11.9. The number of fused-ring (bicyclic) bond motifs is 2. The lowest BCUT2D eigenvalue weighted by Crippen LogP contribution is -2.46. The second-order valence-corrected chi connectivity index (χ2v) is 8.16. The summed E-state index contributed by atoms with van der Waals surface area (Å²) in [6.07, 6.45) is 1.37. The van der Waals surface area contributed by atoms with Crippen LogP contribution in [0.1, 0.15) is 40.0 Å². The van der Waals surface area contributed by atoms with Crippen LogP contribution in [0.2, 0.25) is 0 Å². The van der Waals surface area contributed by atoms with Gasteiger partial charge in [-0.3, -0.25) is 4.90 Å². The van der Waals surface area contributed by atoms with Crippen molar-refractivity contribution in [3.8, 4) is 17.2 Å². The lowest BCUT2D eigenvalue weighted by Gasteiger charge is -2.36. The first-order chi connectivity index (χ1) is 15.4. The molecule has 0 saturated carbocycles. The molecular formula is C24H27NO7. The smallest absolute Gasteiger partial charge is 0.338 e. The zero-order valence-corrected chi connectivity index (χ0v) is 18.3. The maximum absolute atomic E-state index is 12.8. The first-order valence-electron chi connectivity index (χ1n) is 10.5. The summed E-state index contributed by atoms with van der Waals surface area (Å²) in [5.74, 6) is -0.769. The Balaban J connectivity index is 1.43. The zero-order valence-electron chi connectivity index (χ0n) is 18.3. The van der Waals surface area contributed by atoms with Gasteiger partial charge < -0.3 is 24.1 Å². The summed E-state index contributed by atoms with van der Waals surface area (Å²) in [4.78, 5) is 27.5. The van der Waals surface area contributed by atoms with Gasteiger partial charge in [0.05, 0.1) is 31.4 Å². The molecule has 4 unspecified atom stereocenters. The summed E-state index contributed by atoms with van der Waals surface area (Å²) in [6.45, 7) is 0. The first-order valence-corrected chi connectivity index (χ1v) is 10.5. The van der Waals surface area contributed by atoms with E-state index < -0.39 is 5.97 Å². The number of ether oxygens (including phenoxy) is 4. The molecule has 0 amide bonds. The van der Waals surface area contributed by atoms with Gasteiger partial charge in [0.1, 0.15) is 12.2 Å². The number of methoxy groups -OCH3 is 2. The maximum atomic E-state index is 12.8. The second-order valence-electron chi connectivity index (χ2n) is 8.16. The van der Waals surface area contributed by atoms with Crippen LogP contribution in [0, 0.1) is 0 Å². The van der Waals surface area contributed by atoms with Crippen molar-refractivity contribution in [1.82, 2.24) is 4.90 Å². The van der Waals surface area contributed by atoms with Crippen LogP contribution in [0.4, 0.5) is 0 Å². The van der Waals surface area contributed by atoms with Crippen molar-refractivity contribution in [3.05, 3.63) is 53.6 Å². The van der Waals surface area contributed by atoms with Crippen LogP contribution in [0.15, 0.2) is 42.5 Å². The molecule has 0 aromatic heterocycles. The Hall–Kier alpha value is -3.26. The number of likely N-dealkylation sites (N-methyl/N-ethyl adjacent to an activating group) is 1. The number of hydrogen-bond acceptors (Lipinski definition) is 8. The normalized spacial score (nSPS) is 24.6. The molecule has 0 spiro atoms. The Morgan fingerprint density at radius 3 is 2.16 bits per heavy atom. The second kappa shape index (κ2) is 9.08. The number of piperidine rings is 1. The Morgan fingerprint density at radius 2 is 1.53 bits per heavy atom. The van der Waals surface area contributed by atoms with Crippen LogP contribution in [0.5, 0.6) is 17.2 Å². The molecule has 2 bridgehead atoms. The van der Waals surface area contributed by atoms with Crippen molar-refractivity contribution in [1.29, 1.82) is 0 Å². The summed E-state index contributed by atoms with van der Waals surface area (Å²) in [5, 5.41) is 10.1. The molecule has 8 nitrogen and oxygen atoms in total. The highest BCUT2D eigenvalue weighted by Gasteiger charge is 2.48. The van der Waals surface area contributed by atoms with Gasteiger partial charge in [-0.2, -0.15) is 0 Å². The van der Waals surface area contributed by atoms with E-state index in [0.29, 0.717) is 24.8 Å². The Morgan fingerprint density at radius 1 is 0.906 bits per heavy atom. The van der Waals surface area contributed by atoms with Gasteiger partial charge in [0.15, 0.2) is 11.5 Å². The van der Waals surface area contributed by atoms with Crippen LogP contribution in [0.3, 0.4) is 0 Å². The van der Waals surface area contributed by atoms with Crippen LogP contribution in [0.25, 0.3) is 0 Å². The van der Waals surface area contributed by atoms with Crippen LogP contribution in [-0.4, -0.2) is 67.5 Å². The molecule has 0 aliphatic carbocycles. The minimum atomic E-state index is -0.520. The van der Waals surface area contributed by atoms with E-state index >= 15 is 0 Å². The van der Waals surface area contributed by atoms with Crippen LogP contribution in [-0.2, 0) is 9.47 Å². The van der Waals surface area contributed by atoms with Gasteiger partial charge in [0.25, 0.3) is 0 Å². The Kier molecular flexibility index (Phi) is 6.23. The maximum Gasteiger partial charge on any atom is 0.338 e. The van der Waals surface area contributed by atoms with Crippen molar-refractivity contribution < 1.29 is 33.6 Å². The molecular weight excluding hydrogens is 414 g/mol. The number of aromatic hydroxyl groups is 1. The molecule has 2 aromatic rings. The van der Waals surface area contributed by atoms with Crippen LogP contribution >= 0.6 is 0 Å². The minimum Gasteiger partial charge on any atom is -0.502 e. The number of carbonyl (C=O) groups is 2. The van der Waals surface area contributed by atoms with E-state index in [0.717, 1.165) is 0 Å². The quantitative estimate of drug-likeness (QED) is 0.684. The lowest BCUT2D eigenvalue weighted by atomic mass is 10.00. The largest absolute Gasteiger partial charge is 0.502 e. The highest BCUT2D eigenvalue weighted by molar-refractivity contribution is 5.91. The number of phenols is 1. The SMILES string of the molecule is COc1cc(C(=O)OC2CC3CC(OC(=O)c4ccccc4)C(C2)N3C)cc(OC)c1O. The molecule has 4 atom stereocenters.